The Bertz CT molecular complexity index is 1540. The maximum Gasteiger partial charge on any atom is 0.422 e. The minimum absolute atomic E-state index is 0.0405. The van der Waals surface area contributed by atoms with Crippen LogP contribution in [0, 0.1) is 5.92 Å². The second-order valence-electron chi connectivity index (χ2n) is 13.1. The quantitative estimate of drug-likeness (QED) is 0.137. The van der Waals surface area contributed by atoms with Crippen LogP contribution in [0.1, 0.15) is 75.3 Å². The molecule has 0 radical (unpaired) electrons. The number of amides is 3. The van der Waals surface area contributed by atoms with E-state index in [4.69, 9.17) is 16.2 Å². The number of rotatable bonds is 13. The van der Waals surface area contributed by atoms with E-state index in [9.17, 15) is 24.3 Å². The van der Waals surface area contributed by atoms with E-state index in [1.807, 2.05) is 18.2 Å². The largest absolute Gasteiger partial charge is 0.443 e. The number of aliphatic hydroxyl groups is 1. The van der Waals surface area contributed by atoms with E-state index in [2.05, 4.69) is 15.7 Å². The number of aliphatic hydroxyl groups excluding tert-OH is 1. The van der Waals surface area contributed by atoms with Crippen LogP contribution in [0.5, 0.6) is 0 Å². The number of hydrazine groups is 1. The predicted octanol–water partition coefficient (Wildman–Crippen LogP) is 3.36. The molecule has 12 heteroatoms. The molecule has 1 heterocycles. The van der Waals surface area contributed by atoms with Gasteiger partial charge >= 0.3 is 6.09 Å². The number of ketones is 1. The molecule has 4 rings (SSSR count). The second kappa shape index (κ2) is 15.9. The van der Waals surface area contributed by atoms with E-state index in [0.717, 1.165) is 30.2 Å². The topological polar surface area (TPSA) is 190 Å². The molecule has 3 amide bonds. The van der Waals surface area contributed by atoms with Crippen LogP contribution in [0.4, 0.5) is 4.79 Å². The number of nitrogens with two attached hydrogens (primary N) is 2. The lowest BCUT2D eigenvalue weighted by atomic mass is 9.84. The van der Waals surface area contributed by atoms with Gasteiger partial charge in [0.05, 0.1) is 30.0 Å². The summed E-state index contributed by atoms with van der Waals surface area (Å²) in [7, 11) is 0. The van der Waals surface area contributed by atoms with Gasteiger partial charge in [-0.05, 0) is 57.7 Å². The molecule has 3 aromatic rings. The molecule has 7 N–H and O–H groups in total. The molecule has 1 unspecified atom stereocenters. The van der Waals surface area contributed by atoms with Gasteiger partial charge in [-0.15, -0.1) is 0 Å². The fourth-order valence-electron chi connectivity index (χ4n) is 5.94. The van der Waals surface area contributed by atoms with Gasteiger partial charge < -0.3 is 26.6 Å². The third kappa shape index (κ3) is 10.0. The number of primary amides is 1. The van der Waals surface area contributed by atoms with Crippen molar-refractivity contribution in [2.24, 2.45) is 17.4 Å². The highest BCUT2D eigenvalue weighted by molar-refractivity contribution is 6.00. The highest BCUT2D eigenvalue weighted by Crippen LogP contribution is 2.26. The highest BCUT2D eigenvalue weighted by Gasteiger charge is 2.41. The predicted molar refractivity (Wildman–Crippen MR) is 178 cm³/mol. The van der Waals surface area contributed by atoms with Crippen molar-refractivity contribution in [3.05, 3.63) is 78.0 Å². The Labute approximate surface area is 275 Å². The summed E-state index contributed by atoms with van der Waals surface area (Å²) in [6, 6.07) is 18.0. The molecule has 1 aliphatic rings. The Morgan fingerprint density at radius 1 is 0.979 bits per heavy atom. The van der Waals surface area contributed by atoms with Crippen molar-refractivity contribution >= 4 is 34.6 Å². The molecule has 1 saturated carbocycles. The van der Waals surface area contributed by atoms with Crippen LogP contribution in [0.25, 0.3) is 10.9 Å². The number of carbonyl (C=O) groups is 4. The Morgan fingerprint density at radius 2 is 1.64 bits per heavy atom. The van der Waals surface area contributed by atoms with Crippen LogP contribution >= 0.6 is 0 Å². The number of carbonyl (C=O) groups excluding carboxylic acids is 4. The van der Waals surface area contributed by atoms with Crippen LogP contribution in [0.15, 0.2) is 66.7 Å². The van der Waals surface area contributed by atoms with E-state index in [1.54, 1.807) is 63.2 Å². The summed E-state index contributed by atoms with van der Waals surface area (Å²) in [5.74, 6) is -3.33. The number of pyridine rings is 1. The lowest BCUT2D eigenvalue weighted by Gasteiger charge is -2.41. The first-order valence-corrected chi connectivity index (χ1v) is 16.1. The van der Waals surface area contributed by atoms with Gasteiger partial charge in [0.2, 0.25) is 5.91 Å². The summed E-state index contributed by atoms with van der Waals surface area (Å²) in [5.41, 5.74) is 15.6. The average Bonchev–Trinajstić information content (AvgIpc) is 3.04. The molecule has 0 aliphatic heterocycles. The third-order valence-electron chi connectivity index (χ3n) is 8.22. The zero-order chi connectivity index (χ0) is 34.1. The summed E-state index contributed by atoms with van der Waals surface area (Å²) in [6.45, 7) is 5.21. The van der Waals surface area contributed by atoms with Gasteiger partial charge in [0.15, 0.2) is 5.78 Å². The van der Waals surface area contributed by atoms with Crippen LogP contribution in [0.2, 0.25) is 0 Å². The second-order valence-corrected chi connectivity index (χ2v) is 13.1. The first-order chi connectivity index (χ1) is 22.3. The number of hydrogen-bond acceptors (Lipinski definition) is 9. The van der Waals surface area contributed by atoms with E-state index in [1.165, 1.54) is 11.1 Å². The lowest BCUT2D eigenvalue weighted by molar-refractivity contribution is -0.134. The molecule has 0 bridgehead atoms. The van der Waals surface area contributed by atoms with Crippen molar-refractivity contribution in [3.8, 4) is 0 Å². The zero-order valence-corrected chi connectivity index (χ0v) is 27.2. The van der Waals surface area contributed by atoms with Gasteiger partial charge in [0.25, 0.3) is 5.91 Å². The maximum atomic E-state index is 14.3. The molecule has 0 spiro atoms. The molecular formula is C35H46N6O6. The third-order valence-corrected chi connectivity index (χ3v) is 8.22. The Hall–Kier alpha value is -4.39. The van der Waals surface area contributed by atoms with Crippen molar-refractivity contribution in [3.63, 3.8) is 0 Å². The first-order valence-electron chi connectivity index (χ1n) is 16.1. The van der Waals surface area contributed by atoms with Crippen LogP contribution in [-0.2, 0) is 20.7 Å². The molecule has 252 valence electrons. The number of Topliss-reactive ketones (excluding diaryl/α,β-unsaturated/α-hetero) is 1. The minimum Gasteiger partial charge on any atom is -0.443 e. The number of fused-ring (bicyclic) bond motifs is 1. The number of aromatic nitrogens is 1. The van der Waals surface area contributed by atoms with Gasteiger partial charge in [-0.1, -0.05) is 73.9 Å². The lowest BCUT2D eigenvalue weighted by Crippen LogP contribution is -2.64. The van der Waals surface area contributed by atoms with E-state index >= 15 is 0 Å². The fourth-order valence-corrected chi connectivity index (χ4v) is 5.94. The van der Waals surface area contributed by atoms with E-state index in [0.29, 0.717) is 18.4 Å². The Kier molecular flexibility index (Phi) is 12.0. The molecule has 2 aromatic carbocycles. The number of para-hydroxylation sites is 1. The molecule has 0 saturated heterocycles. The Morgan fingerprint density at radius 3 is 2.30 bits per heavy atom. The monoisotopic (exact) mass is 646 g/mol. The molecule has 1 aliphatic carbocycles. The molecule has 1 fully saturated rings. The van der Waals surface area contributed by atoms with Crippen molar-refractivity contribution in [2.75, 3.05) is 0 Å². The van der Waals surface area contributed by atoms with Crippen LogP contribution in [0.3, 0.4) is 0 Å². The molecule has 12 nitrogen and oxygen atoms in total. The number of ether oxygens (including phenoxy) is 1. The highest BCUT2D eigenvalue weighted by atomic mass is 16.6. The zero-order valence-electron chi connectivity index (χ0n) is 27.2. The smallest absolute Gasteiger partial charge is 0.422 e. The van der Waals surface area contributed by atoms with Crippen molar-refractivity contribution < 1.29 is 29.0 Å². The van der Waals surface area contributed by atoms with Crippen molar-refractivity contribution in [2.45, 2.75) is 95.7 Å². The number of benzene rings is 2. The van der Waals surface area contributed by atoms with Gasteiger partial charge in [-0.3, -0.25) is 19.8 Å². The number of nitrogens with zero attached hydrogens (tertiary/aromatic N) is 2. The molecule has 47 heavy (non-hydrogen) atoms. The number of hydrogen-bond donors (Lipinski definition) is 5. The van der Waals surface area contributed by atoms with Gasteiger partial charge in [0, 0.05) is 11.4 Å². The summed E-state index contributed by atoms with van der Waals surface area (Å²) in [4.78, 5) is 57.2. The van der Waals surface area contributed by atoms with Crippen LogP contribution < -0.4 is 22.2 Å². The van der Waals surface area contributed by atoms with E-state index < -0.39 is 59.9 Å². The summed E-state index contributed by atoms with van der Waals surface area (Å²) < 4.78 is 5.49. The average molecular weight is 647 g/mol. The SMILES string of the molecule is CC(C)(C)OC(=O)NN(C1CCCCC1)C(N)[C@@H](O)[C@H](Cc1ccccc1)C(=O)[C@H](CC(N)=O)NC(=O)c1ccc2ccccc2n1. The van der Waals surface area contributed by atoms with E-state index in [-0.39, 0.29) is 18.2 Å². The fraction of sp³-hybridized carbons (Fsp3) is 0.457. The molecule has 4 atom stereocenters. The Balaban J connectivity index is 1.64. The first kappa shape index (κ1) is 35.5. The minimum atomic E-state index is -1.54. The maximum absolute atomic E-state index is 14.3. The van der Waals surface area contributed by atoms with Crippen LogP contribution in [-0.4, -0.2) is 68.7 Å². The summed E-state index contributed by atoms with van der Waals surface area (Å²) in [5, 5.41) is 16.8. The normalized spacial score (nSPS) is 16.6. The number of nitrogens with one attached hydrogen (secondary N) is 2. The van der Waals surface area contributed by atoms with Gasteiger partial charge in [0.1, 0.15) is 17.5 Å². The van der Waals surface area contributed by atoms with Gasteiger partial charge in [-0.2, -0.15) is 5.01 Å². The summed E-state index contributed by atoms with van der Waals surface area (Å²) >= 11 is 0. The van der Waals surface area contributed by atoms with Gasteiger partial charge in [-0.25, -0.2) is 9.78 Å². The summed E-state index contributed by atoms with van der Waals surface area (Å²) in [6.07, 6.45) is 0.291. The molecular weight excluding hydrogens is 600 g/mol. The molecule has 1 aromatic heterocycles. The standard InChI is InChI=1S/C35H46N6O6/c1-35(2,3)47-34(46)40-41(24-15-8-5-9-16-24)32(37)31(44)25(20-22-12-6-4-7-13-22)30(43)28(21-29(36)42)39-33(45)27-19-18-23-14-10-11-17-26(23)38-27/h4,6-7,10-14,17-19,24-25,28,31-32,44H,5,8-9,15-16,20-21,37H2,1-3H3,(H2,36,42)(H,39,45)(H,40,46)/t25-,28+,31+,32?/m1/s1. The van der Waals surface area contributed by atoms with Crippen molar-refractivity contribution in [1.82, 2.24) is 20.7 Å². The van der Waals surface area contributed by atoms with Crippen molar-refractivity contribution in [1.29, 1.82) is 0 Å².